The topological polar surface area (TPSA) is 18.5 Å². The molecule has 0 amide bonds. The van der Waals surface area contributed by atoms with Crippen LogP contribution in [0.25, 0.3) is 0 Å². The summed E-state index contributed by atoms with van der Waals surface area (Å²) in [6.45, 7) is 5.97. The van der Waals surface area contributed by atoms with Gasteiger partial charge in [-0.25, -0.2) is 0 Å². The van der Waals surface area contributed by atoms with Crippen LogP contribution >= 0.6 is 0 Å². The van der Waals surface area contributed by atoms with Crippen LogP contribution in [0.1, 0.15) is 39.5 Å². The van der Waals surface area contributed by atoms with E-state index in [2.05, 4.69) is 13.8 Å². The number of hydrogen-bond donors (Lipinski definition) is 0. The van der Waals surface area contributed by atoms with Crippen molar-refractivity contribution in [3.05, 3.63) is 0 Å². The highest BCUT2D eigenvalue weighted by Crippen LogP contribution is 2.14. The van der Waals surface area contributed by atoms with Crippen molar-refractivity contribution in [2.45, 2.75) is 51.7 Å². The summed E-state index contributed by atoms with van der Waals surface area (Å²) in [4.78, 5) is 0. The van der Waals surface area contributed by atoms with Gasteiger partial charge in [0.15, 0.2) is 0 Å². The first-order chi connectivity index (χ1) is 5.86. The van der Waals surface area contributed by atoms with E-state index in [1.807, 2.05) is 0 Å². The molecule has 2 atom stereocenters. The van der Waals surface area contributed by atoms with Gasteiger partial charge in [0.2, 0.25) is 0 Å². The van der Waals surface area contributed by atoms with Gasteiger partial charge in [0, 0.05) is 0 Å². The maximum atomic E-state index is 5.66. The Kier molecular flexibility index (Phi) is 4.62. The Morgan fingerprint density at radius 3 is 1.58 bits per heavy atom. The predicted octanol–water partition coefficient (Wildman–Crippen LogP) is 2.37. The molecule has 0 aromatic heterocycles. The molecule has 1 heterocycles. The molecule has 2 nitrogen and oxygen atoms in total. The number of rotatable bonds is 4. The lowest BCUT2D eigenvalue weighted by Gasteiger charge is -2.29. The molecule has 1 aliphatic rings. The second-order valence-electron chi connectivity index (χ2n) is 3.49. The van der Waals surface area contributed by atoms with E-state index in [0.717, 1.165) is 26.1 Å². The van der Waals surface area contributed by atoms with E-state index in [-0.39, 0.29) is 0 Å². The summed E-state index contributed by atoms with van der Waals surface area (Å²) in [7, 11) is 0. The zero-order chi connectivity index (χ0) is 8.81. The van der Waals surface area contributed by atoms with Gasteiger partial charge >= 0.3 is 0 Å². The Hall–Kier alpha value is -0.0800. The van der Waals surface area contributed by atoms with Crippen molar-refractivity contribution in [2.75, 3.05) is 13.2 Å². The number of hydrogen-bond acceptors (Lipinski definition) is 2. The van der Waals surface area contributed by atoms with Crippen molar-refractivity contribution in [3.8, 4) is 0 Å². The molecule has 72 valence electrons. The zero-order valence-corrected chi connectivity index (χ0v) is 8.21. The van der Waals surface area contributed by atoms with Crippen molar-refractivity contribution in [1.29, 1.82) is 0 Å². The molecule has 0 aromatic carbocycles. The molecule has 0 aliphatic carbocycles. The van der Waals surface area contributed by atoms with Crippen molar-refractivity contribution in [3.63, 3.8) is 0 Å². The third-order valence-electron chi connectivity index (χ3n) is 2.26. The van der Waals surface area contributed by atoms with E-state index < -0.39 is 0 Å². The summed E-state index contributed by atoms with van der Waals surface area (Å²) in [6, 6.07) is 0. The summed E-state index contributed by atoms with van der Waals surface area (Å²) < 4.78 is 11.3. The molecule has 1 rings (SSSR count). The van der Waals surface area contributed by atoms with E-state index >= 15 is 0 Å². The fourth-order valence-electron chi connectivity index (χ4n) is 1.56. The maximum absolute atomic E-state index is 5.66. The molecule has 1 aliphatic heterocycles. The van der Waals surface area contributed by atoms with Gasteiger partial charge < -0.3 is 9.47 Å². The smallest absolute Gasteiger partial charge is 0.0809 e. The Balaban J connectivity index is 2.11. The van der Waals surface area contributed by atoms with E-state index in [4.69, 9.17) is 9.47 Å². The average Bonchev–Trinajstić information content (AvgIpc) is 2.09. The first-order valence-electron chi connectivity index (χ1n) is 5.10. The summed E-state index contributed by atoms with van der Waals surface area (Å²) >= 11 is 0. The highest BCUT2D eigenvalue weighted by Gasteiger charge is 2.20. The van der Waals surface area contributed by atoms with E-state index in [1.54, 1.807) is 0 Å². The van der Waals surface area contributed by atoms with Crippen LogP contribution in [0, 0.1) is 0 Å². The highest BCUT2D eigenvalue weighted by atomic mass is 16.6. The van der Waals surface area contributed by atoms with E-state index in [0.29, 0.717) is 12.2 Å². The van der Waals surface area contributed by atoms with E-state index in [9.17, 15) is 0 Å². The molecule has 0 N–H and O–H groups in total. The Morgan fingerprint density at radius 1 is 0.917 bits per heavy atom. The quantitative estimate of drug-likeness (QED) is 0.648. The van der Waals surface area contributed by atoms with Gasteiger partial charge in [0.1, 0.15) is 0 Å². The van der Waals surface area contributed by atoms with E-state index in [1.165, 1.54) is 12.8 Å². The van der Waals surface area contributed by atoms with Crippen molar-refractivity contribution < 1.29 is 9.47 Å². The first-order valence-corrected chi connectivity index (χ1v) is 5.10. The van der Waals surface area contributed by atoms with Crippen LogP contribution in [0.3, 0.4) is 0 Å². The number of ether oxygens (including phenoxy) is 2. The lowest BCUT2D eigenvalue weighted by atomic mass is 10.1. The molecule has 0 radical (unpaired) electrons. The third-order valence-corrected chi connectivity index (χ3v) is 2.26. The lowest BCUT2D eigenvalue weighted by Crippen LogP contribution is -2.35. The molecule has 1 fully saturated rings. The molecule has 0 spiro atoms. The van der Waals surface area contributed by atoms with Crippen LogP contribution in [0.5, 0.6) is 0 Å². The Bertz CT molecular complexity index is 92.4. The minimum absolute atomic E-state index is 0.364. The van der Waals surface area contributed by atoms with Crippen molar-refractivity contribution >= 4 is 0 Å². The molecular formula is C10H20O2. The molecule has 1 unspecified atom stereocenters. The summed E-state index contributed by atoms with van der Waals surface area (Å²) in [5, 5.41) is 0. The second kappa shape index (κ2) is 5.55. The van der Waals surface area contributed by atoms with Crippen LogP contribution in [-0.4, -0.2) is 25.4 Å². The molecule has 0 aromatic rings. The highest BCUT2D eigenvalue weighted by molar-refractivity contribution is 4.66. The predicted molar refractivity (Wildman–Crippen MR) is 49.3 cm³/mol. The molecule has 0 bridgehead atoms. The van der Waals surface area contributed by atoms with Gasteiger partial charge in [-0.05, 0) is 12.8 Å². The monoisotopic (exact) mass is 172 g/mol. The summed E-state index contributed by atoms with van der Waals surface area (Å²) in [5.74, 6) is 0. The first kappa shape index (κ1) is 10.0. The Labute approximate surface area is 75.2 Å². The van der Waals surface area contributed by atoms with Gasteiger partial charge in [-0.3, -0.25) is 0 Å². The maximum Gasteiger partial charge on any atom is 0.0809 e. The molecule has 2 heteroatoms. The van der Waals surface area contributed by atoms with Crippen LogP contribution in [0.15, 0.2) is 0 Å². The third kappa shape index (κ3) is 3.11. The van der Waals surface area contributed by atoms with Crippen LogP contribution < -0.4 is 0 Å². The van der Waals surface area contributed by atoms with Gasteiger partial charge in [0.25, 0.3) is 0 Å². The lowest BCUT2D eigenvalue weighted by molar-refractivity contribution is -0.136. The Morgan fingerprint density at radius 2 is 1.33 bits per heavy atom. The molecule has 0 saturated carbocycles. The molecule has 12 heavy (non-hydrogen) atoms. The molecular weight excluding hydrogens is 152 g/mol. The van der Waals surface area contributed by atoms with Crippen LogP contribution in [-0.2, 0) is 9.47 Å². The summed E-state index contributed by atoms with van der Waals surface area (Å²) in [6.07, 6.45) is 5.38. The van der Waals surface area contributed by atoms with Gasteiger partial charge in [0.05, 0.1) is 25.4 Å². The van der Waals surface area contributed by atoms with Crippen molar-refractivity contribution in [1.82, 2.24) is 0 Å². The minimum atomic E-state index is 0.364. The molecule has 1 saturated heterocycles. The zero-order valence-electron chi connectivity index (χ0n) is 8.21. The summed E-state index contributed by atoms with van der Waals surface area (Å²) in [5.41, 5.74) is 0. The second-order valence-corrected chi connectivity index (χ2v) is 3.49. The van der Waals surface area contributed by atoms with Gasteiger partial charge in [-0.15, -0.1) is 0 Å². The average molecular weight is 172 g/mol. The fourth-order valence-corrected chi connectivity index (χ4v) is 1.56. The minimum Gasteiger partial charge on any atom is -0.373 e. The fraction of sp³-hybridized carbons (Fsp3) is 1.00. The van der Waals surface area contributed by atoms with Gasteiger partial charge in [-0.2, -0.15) is 0 Å². The largest absolute Gasteiger partial charge is 0.373 e. The standard InChI is InChI=1S/C10H20O2/c1-3-5-9-7-12-10(6-4-2)8-11-9/h9-10H,3-8H2,1-2H3/t9-,10?/m0/s1. The normalized spacial score (nSPS) is 30.5. The van der Waals surface area contributed by atoms with Crippen molar-refractivity contribution in [2.24, 2.45) is 0 Å². The SMILES string of the molecule is CCCC1CO[C@@H](CCC)CO1. The van der Waals surface area contributed by atoms with Crippen LogP contribution in [0.4, 0.5) is 0 Å². The van der Waals surface area contributed by atoms with Crippen LogP contribution in [0.2, 0.25) is 0 Å². The van der Waals surface area contributed by atoms with Gasteiger partial charge in [-0.1, -0.05) is 26.7 Å².